The summed E-state index contributed by atoms with van der Waals surface area (Å²) in [4.78, 5) is 8.59. The summed E-state index contributed by atoms with van der Waals surface area (Å²) in [6.45, 7) is 0.786. The molecule has 0 bridgehead atoms. The normalized spacial score (nSPS) is 10.7. The van der Waals surface area contributed by atoms with Gasteiger partial charge in [-0.25, -0.2) is 14.4 Å². The van der Waals surface area contributed by atoms with Crippen molar-refractivity contribution in [2.24, 2.45) is 0 Å². The Balaban J connectivity index is 1.58. The van der Waals surface area contributed by atoms with Crippen LogP contribution in [0, 0.1) is 5.82 Å². The number of aromatic nitrogens is 2. The minimum absolute atomic E-state index is 0.220. The van der Waals surface area contributed by atoms with Crippen LogP contribution < -0.4 is 5.32 Å². The van der Waals surface area contributed by atoms with Gasteiger partial charge in [0.05, 0.1) is 5.52 Å². The Labute approximate surface area is 126 Å². The lowest BCUT2D eigenvalue weighted by atomic mass is 10.2. The monoisotopic (exact) mass is 299 g/mol. The predicted octanol–water partition coefficient (Wildman–Crippen LogP) is 3.97. The van der Waals surface area contributed by atoms with Crippen LogP contribution in [0.4, 0.5) is 10.1 Å². The Hall–Kier alpha value is -2.14. The first kappa shape index (κ1) is 13.8. The number of anilines is 1. The van der Waals surface area contributed by atoms with E-state index >= 15 is 0 Å². The molecule has 1 N–H and O–H groups in total. The quantitative estimate of drug-likeness (QED) is 0.439. The van der Waals surface area contributed by atoms with Crippen molar-refractivity contribution in [3.05, 3.63) is 60.7 Å². The summed E-state index contributed by atoms with van der Waals surface area (Å²) in [5.74, 6) is 0.653. The van der Waals surface area contributed by atoms with Gasteiger partial charge in [-0.05, 0) is 30.3 Å². The van der Waals surface area contributed by atoms with E-state index in [4.69, 9.17) is 0 Å². The summed E-state index contributed by atoms with van der Waals surface area (Å²) in [7, 11) is 0. The van der Waals surface area contributed by atoms with Crippen LogP contribution in [-0.4, -0.2) is 22.3 Å². The molecule has 21 heavy (non-hydrogen) atoms. The molecule has 2 aromatic carbocycles. The summed E-state index contributed by atoms with van der Waals surface area (Å²) < 4.78 is 12.8. The Kier molecular flexibility index (Phi) is 4.31. The third kappa shape index (κ3) is 3.49. The largest absolute Gasteiger partial charge is 0.384 e. The third-order valence-electron chi connectivity index (χ3n) is 3.02. The van der Waals surface area contributed by atoms with Gasteiger partial charge in [0, 0.05) is 23.4 Å². The number of rotatable bonds is 5. The van der Waals surface area contributed by atoms with E-state index in [0.29, 0.717) is 0 Å². The van der Waals surface area contributed by atoms with E-state index in [1.165, 1.54) is 12.1 Å². The van der Waals surface area contributed by atoms with Gasteiger partial charge in [0.2, 0.25) is 0 Å². The topological polar surface area (TPSA) is 37.8 Å². The number of hydrogen-bond acceptors (Lipinski definition) is 4. The lowest BCUT2D eigenvalue weighted by Gasteiger charge is -2.07. The SMILES string of the molecule is Fc1ccc(NCCSc2ncnc3ccccc23)cc1. The fourth-order valence-corrected chi connectivity index (χ4v) is 2.85. The van der Waals surface area contributed by atoms with E-state index in [1.54, 1.807) is 30.2 Å². The first-order valence-corrected chi connectivity index (χ1v) is 7.63. The Morgan fingerprint density at radius 1 is 1.00 bits per heavy atom. The van der Waals surface area contributed by atoms with E-state index in [2.05, 4.69) is 15.3 Å². The van der Waals surface area contributed by atoms with E-state index in [9.17, 15) is 4.39 Å². The number of thioether (sulfide) groups is 1. The second kappa shape index (κ2) is 6.54. The molecule has 5 heteroatoms. The molecule has 0 atom stereocenters. The highest BCUT2D eigenvalue weighted by Crippen LogP contribution is 2.23. The second-order valence-corrected chi connectivity index (χ2v) is 5.56. The van der Waals surface area contributed by atoms with Crippen molar-refractivity contribution < 1.29 is 4.39 Å². The molecule has 0 aliphatic carbocycles. The molecule has 0 amide bonds. The predicted molar refractivity (Wildman–Crippen MR) is 85.2 cm³/mol. The summed E-state index contributed by atoms with van der Waals surface area (Å²) in [5.41, 5.74) is 1.88. The summed E-state index contributed by atoms with van der Waals surface area (Å²) in [6.07, 6.45) is 1.60. The van der Waals surface area contributed by atoms with E-state index in [0.717, 1.165) is 33.9 Å². The zero-order valence-electron chi connectivity index (χ0n) is 11.3. The Morgan fingerprint density at radius 3 is 2.67 bits per heavy atom. The fraction of sp³-hybridized carbons (Fsp3) is 0.125. The molecule has 1 heterocycles. The zero-order valence-corrected chi connectivity index (χ0v) is 12.1. The summed E-state index contributed by atoms with van der Waals surface area (Å²) >= 11 is 1.68. The van der Waals surface area contributed by atoms with Gasteiger partial charge in [-0.3, -0.25) is 0 Å². The average molecular weight is 299 g/mol. The van der Waals surface area contributed by atoms with Crippen LogP contribution in [0.2, 0.25) is 0 Å². The number of fused-ring (bicyclic) bond motifs is 1. The Bertz CT molecular complexity index is 726. The average Bonchev–Trinajstić information content (AvgIpc) is 2.53. The molecular weight excluding hydrogens is 285 g/mol. The van der Waals surface area contributed by atoms with E-state index in [1.807, 2.05) is 24.3 Å². The standard InChI is InChI=1S/C16H14FN3S/c17-12-5-7-13(8-6-12)18-9-10-21-16-14-3-1-2-4-15(14)19-11-20-16/h1-8,11,18H,9-10H2. The van der Waals surface area contributed by atoms with Crippen LogP contribution in [0.5, 0.6) is 0 Å². The van der Waals surface area contributed by atoms with Crippen LogP contribution in [0.3, 0.4) is 0 Å². The lowest BCUT2D eigenvalue weighted by molar-refractivity contribution is 0.628. The smallest absolute Gasteiger partial charge is 0.123 e. The molecule has 0 spiro atoms. The molecule has 106 valence electrons. The number of nitrogens with one attached hydrogen (secondary N) is 1. The molecule has 0 radical (unpaired) electrons. The lowest BCUT2D eigenvalue weighted by Crippen LogP contribution is -2.04. The molecule has 3 rings (SSSR count). The van der Waals surface area contributed by atoms with Crippen LogP contribution in [-0.2, 0) is 0 Å². The van der Waals surface area contributed by atoms with E-state index < -0.39 is 0 Å². The number of para-hydroxylation sites is 1. The maximum Gasteiger partial charge on any atom is 0.123 e. The van der Waals surface area contributed by atoms with Gasteiger partial charge in [0.15, 0.2) is 0 Å². The third-order valence-corrected chi connectivity index (χ3v) is 4.03. The molecule has 3 nitrogen and oxygen atoms in total. The van der Waals surface area contributed by atoms with Crippen molar-refractivity contribution in [3.8, 4) is 0 Å². The van der Waals surface area contributed by atoms with Crippen LogP contribution in [0.15, 0.2) is 59.9 Å². The van der Waals surface area contributed by atoms with Crippen molar-refractivity contribution in [1.29, 1.82) is 0 Å². The summed E-state index contributed by atoms with van der Waals surface area (Å²) in [5, 5.41) is 5.32. The molecule has 3 aromatic rings. The van der Waals surface area contributed by atoms with Gasteiger partial charge in [0.1, 0.15) is 17.2 Å². The Morgan fingerprint density at radius 2 is 1.81 bits per heavy atom. The molecule has 1 aromatic heterocycles. The molecule has 0 saturated heterocycles. The number of halogens is 1. The number of hydrogen-bond donors (Lipinski definition) is 1. The second-order valence-electron chi connectivity index (χ2n) is 4.48. The van der Waals surface area contributed by atoms with Crippen molar-refractivity contribution in [3.63, 3.8) is 0 Å². The molecule has 0 aliphatic rings. The highest BCUT2D eigenvalue weighted by molar-refractivity contribution is 7.99. The number of benzene rings is 2. The van der Waals surface area contributed by atoms with Gasteiger partial charge in [-0.2, -0.15) is 0 Å². The minimum atomic E-state index is -0.220. The molecule has 0 unspecified atom stereocenters. The molecule has 0 aliphatic heterocycles. The van der Waals surface area contributed by atoms with Gasteiger partial charge < -0.3 is 5.32 Å². The highest BCUT2D eigenvalue weighted by Gasteiger charge is 2.03. The van der Waals surface area contributed by atoms with Gasteiger partial charge in [-0.1, -0.05) is 18.2 Å². The maximum absolute atomic E-state index is 12.8. The van der Waals surface area contributed by atoms with Crippen molar-refractivity contribution in [1.82, 2.24) is 9.97 Å². The highest BCUT2D eigenvalue weighted by atomic mass is 32.2. The fourth-order valence-electron chi connectivity index (χ4n) is 2.01. The number of nitrogens with zero attached hydrogens (tertiary/aromatic N) is 2. The van der Waals surface area contributed by atoms with Crippen molar-refractivity contribution >= 4 is 28.4 Å². The van der Waals surface area contributed by atoms with Crippen LogP contribution in [0.1, 0.15) is 0 Å². The van der Waals surface area contributed by atoms with Gasteiger partial charge in [-0.15, -0.1) is 11.8 Å². The van der Waals surface area contributed by atoms with Crippen LogP contribution >= 0.6 is 11.8 Å². The first-order chi connectivity index (χ1) is 10.3. The molecule has 0 saturated carbocycles. The zero-order chi connectivity index (χ0) is 14.5. The van der Waals surface area contributed by atoms with Crippen molar-refractivity contribution in [2.75, 3.05) is 17.6 Å². The van der Waals surface area contributed by atoms with Crippen LogP contribution in [0.25, 0.3) is 10.9 Å². The minimum Gasteiger partial charge on any atom is -0.384 e. The van der Waals surface area contributed by atoms with E-state index in [-0.39, 0.29) is 5.82 Å². The first-order valence-electron chi connectivity index (χ1n) is 6.65. The molecular formula is C16H14FN3S. The van der Waals surface area contributed by atoms with Gasteiger partial charge >= 0.3 is 0 Å². The van der Waals surface area contributed by atoms with Gasteiger partial charge in [0.25, 0.3) is 0 Å². The summed E-state index contributed by atoms with van der Waals surface area (Å²) in [6, 6.07) is 14.4. The maximum atomic E-state index is 12.8. The molecule has 0 fully saturated rings. The van der Waals surface area contributed by atoms with Crippen molar-refractivity contribution in [2.45, 2.75) is 5.03 Å².